The molecule has 1 saturated carbocycles. The number of carboxylic acid groups (broad SMARTS) is 1. The van der Waals surface area contributed by atoms with Crippen molar-refractivity contribution in [1.29, 1.82) is 0 Å². The van der Waals surface area contributed by atoms with E-state index in [2.05, 4.69) is 13.0 Å². The second-order valence-corrected chi connectivity index (χ2v) is 4.56. The van der Waals surface area contributed by atoms with Gasteiger partial charge < -0.3 is 5.11 Å². The van der Waals surface area contributed by atoms with Crippen molar-refractivity contribution in [2.75, 3.05) is 0 Å². The Bertz CT molecular complexity index is 324. The minimum absolute atomic E-state index is 0.767. The van der Waals surface area contributed by atoms with Gasteiger partial charge in [-0.05, 0) is 31.6 Å². The van der Waals surface area contributed by atoms with Crippen LogP contribution in [-0.4, -0.2) is 11.1 Å². The average molecular weight is 234 g/mol. The number of unbranched alkanes of at least 4 members (excludes halogenated alkanes) is 1. The first-order valence-electron chi connectivity index (χ1n) is 6.50. The fraction of sp³-hybridized carbons (Fsp3) is 0.533. The molecule has 2 heteroatoms. The SMILES string of the molecule is CCCC[C@H]1CCCC1=CC=CC=CC(=O)O. The summed E-state index contributed by atoms with van der Waals surface area (Å²) in [6.45, 7) is 2.23. The highest BCUT2D eigenvalue weighted by atomic mass is 16.4. The third kappa shape index (κ3) is 5.53. The molecule has 2 nitrogen and oxygen atoms in total. The fourth-order valence-electron chi connectivity index (χ4n) is 2.32. The molecule has 0 aromatic heterocycles. The molecule has 0 amide bonds. The van der Waals surface area contributed by atoms with Crippen LogP contribution in [0, 0.1) is 5.92 Å². The number of hydrogen-bond acceptors (Lipinski definition) is 1. The van der Waals surface area contributed by atoms with Crippen molar-refractivity contribution in [1.82, 2.24) is 0 Å². The summed E-state index contributed by atoms with van der Waals surface area (Å²) in [5.41, 5.74) is 1.54. The van der Waals surface area contributed by atoms with E-state index in [1.807, 2.05) is 6.08 Å². The normalized spacial score (nSPS) is 23.1. The van der Waals surface area contributed by atoms with Gasteiger partial charge in [0.1, 0.15) is 0 Å². The van der Waals surface area contributed by atoms with Crippen molar-refractivity contribution >= 4 is 5.97 Å². The van der Waals surface area contributed by atoms with Crippen LogP contribution >= 0.6 is 0 Å². The largest absolute Gasteiger partial charge is 0.478 e. The van der Waals surface area contributed by atoms with Crippen molar-refractivity contribution in [3.8, 4) is 0 Å². The van der Waals surface area contributed by atoms with E-state index in [1.165, 1.54) is 38.5 Å². The van der Waals surface area contributed by atoms with Gasteiger partial charge in [0, 0.05) is 6.08 Å². The minimum Gasteiger partial charge on any atom is -0.478 e. The molecule has 0 aromatic rings. The zero-order valence-corrected chi connectivity index (χ0v) is 10.6. The van der Waals surface area contributed by atoms with Crippen LogP contribution in [0.5, 0.6) is 0 Å². The highest BCUT2D eigenvalue weighted by Crippen LogP contribution is 2.34. The molecule has 0 bridgehead atoms. The standard InChI is InChI=1S/C15H22O2/c1-2-3-8-13-10-7-11-14(13)9-5-4-6-12-15(16)17/h4-6,9,12-13H,2-3,7-8,10-11H2,1H3,(H,16,17)/t13-/m0/s1. The molecule has 0 heterocycles. The maximum atomic E-state index is 10.3. The van der Waals surface area contributed by atoms with Gasteiger partial charge in [-0.3, -0.25) is 0 Å². The Morgan fingerprint density at radius 3 is 2.94 bits per heavy atom. The molecule has 0 spiro atoms. The van der Waals surface area contributed by atoms with E-state index in [0.29, 0.717) is 0 Å². The van der Waals surface area contributed by atoms with Crippen molar-refractivity contribution in [2.24, 2.45) is 5.92 Å². The molecule has 1 atom stereocenters. The molecule has 0 aromatic carbocycles. The molecule has 0 unspecified atom stereocenters. The topological polar surface area (TPSA) is 37.3 Å². The van der Waals surface area contributed by atoms with E-state index >= 15 is 0 Å². The third-order valence-electron chi connectivity index (χ3n) is 3.22. The Kier molecular flexibility index (Phi) is 6.38. The van der Waals surface area contributed by atoms with Gasteiger partial charge in [-0.2, -0.15) is 0 Å². The van der Waals surface area contributed by atoms with Crippen LogP contribution in [0.1, 0.15) is 45.4 Å². The predicted molar refractivity (Wildman–Crippen MR) is 70.9 cm³/mol. The summed E-state index contributed by atoms with van der Waals surface area (Å²) in [5.74, 6) is -0.132. The molecule has 1 N–H and O–H groups in total. The summed E-state index contributed by atoms with van der Waals surface area (Å²) in [5, 5.41) is 8.43. The summed E-state index contributed by atoms with van der Waals surface area (Å²) in [7, 11) is 0. The summed E-state index contributed by atoms with van der Waals surface area (Å²) in [4.78, 5) is 10.3. The van der Waals surface area contributed by atoms with Gasteiger partial charge in [-0.1, -0.05) is 49.6 Å². The van der Waals surface area contributed by atoms with Crippen LogP contribution in [0.3, 0.4) is 0 Å². The lowest BCUT2D eigenvalue weighted by Crippen LogP contribution is -1.95. The Hall–Kier alpha value is -1.31. The smallest absolute Gasteiger partial charge is 0.328 e. The third-order valence-corrected chi connectivity index (χ3v) is 3.22. The lowest BCUT2D eigenvalue weighted by Gasteiger charge is -2.10. The highest BCUT2D eigenvalue weighted by molar-refractivity contribution is 5.80. The zero-order valence-electron chi connectivity index (χ0n) is 10.6. The van der Waals surface area contributed by atoms with Gasteiger partial charge in [-0.15, -0.1) is 0 Å². The molecule has 1 rings (SSSR count). The molecule has 1 aliphatic rings. The number of hydrogen-bond donors (Lipinski definition) is 1. The van der Waals surface area contributed by atoms with Crippen molar-refractivity contribution in [2.45, 2.75) is 45.4 Å². The molecule has 0 radical (unpaired) electrons. The average Bonchev–Trinajstić information content (AvgIpc) is 2.73. The van der Waals surface area contributed by atoms with E-state index in [0.717, 1.165) is 12.0 Å². The molecule has 0 saturated heterocycles. The number of allylic oxidation sites excluding steroid dienone is 5. The van der Waals surface area contributed by atoms with Gasteiger partial charge in [0.25, 0.3) is 0 Å². The first-order valence-corrected chi connectivity index (χ1v) is 6.50. The lowest BCUT2D eigenvalue weighted by molar-refractivity contribution is -0.131. The maximum absolute atomic E-state index is 10.3. The molecule has 94 valence electrons. The predicted octanol–water partition coefficient (Wildman–Crippen LogP) is 4.10. The number of rotatable bonds is 6. The Morgan fingerprint density at radius 1 is 1.41 bits per heavy atom. The lowest BCUT2D eigenvalue weighted by atomic mass is 9.96. The molecular weight excluding hydrogens is 212 g/mol. The molecule has 1 aliphatic carbocycles. The fourth-order valence-corrected chi connectivity index (χ4v) is 2.32. The van der Waals surface area contributed by atoms with E-state index in [4.69, 9.17) is 5.11 Å². The summed E-state index contributed by atoms with van der Waals surface area (Å²) >= 11 is 0. The molecule has 1 fully saturated rings. The van der Waals surface area contributed by atoms with Gasteiger partial charge in [0.05, 0.1) is 0 Å². The minimum atomic E-state index is -0.899. The second kappa shape index (κ2) is 7.88. The van der Waals surface area contributed by atoms with Crippen LogP contribution in [0.4, 0.5) is 0 Å². The Morgan fingerprint density at radius 2 is 2.24 bits per heavy atom. The van der Waals surface area contributed by atoms with Gasteiger partial charge in [0.2, 0.25) is 0 Å². The Labute approximate surface area is 104 Å². The van der Waals surface area contributed by atoms with Crippen LogP contribution in [-0.2, 0) is 4.79 Å². The molecular formula is C15H22O2. The van der Waals surface area contributed by atoms with Crippen LogP contribution in [0.25, 0.3) is 0 Å². The molecule has 0 aliphatic heterocycles. The maximum Gasteiger partial charge on any atom is 0.328 e. The van der Waals surface area contributed by atoms with Crippen molar-refractivity contribution in [3.63, 3.8) is 0 Å². The number of aliphatic carboxylic acids is 1. The van der Waals surface area contributed by atoms with Gasteiger partial charge in [-0.25, -0.2) is 4.79 Å². The van der Waals surface area contributed by atoms with Crippen molar-refractivity contribution < 1.29 is 9.90 Å². The quantitative estimate of drug-likeness (QED) is 0.555. The zero-order chi connectivity index (χ0) is 12.5. The number of carbonyl (C=O) groups is 1. The molecule has 17 heavy (non-hydrogen) atoms. The van der Waals surface area contributed by atoms with Crippen LogP contribution in [0.2, 0.25) is 0 Å². The van der Waals surface area contributed by atoms with E-state index in [1.54, 1.807) is 17.7 Å². The van der Waals surface area contributed by atoms with E-state index in [9.17, 15) is 4.79 Å². The first-order chi connectivity index (χ1) is 8.24. The van der Waals surface area contributed by atoms with E-state index < -0.39 is 5.97 Å². The van der Waals surface area contributed by atoms with Gasteiger partial charge in [0.15, 0.2) is 0 Å². The van der Waals surface area contributed by atoms with Crippen molar-refractivity contribution in [3.05, 3.63) is 36.0 Å². The monoisotopic (exact) mass is 234 g/mol. The summed E-state index contributed by atoms with van der Waals surface area (Å²) in [6, 6.07) is 0. The highest BCUT2D eigenvalue weighted by Gasteiger charge is 2.19. The second-order valence-electron chi connectivity index (χ2n) is 4.56. The Balaban J connectivity index is 2.44. The van der Waals surface area contributed by atoms with Gasteiger partial charge >= 0.3 is 5.97 Å². The number of carboxylic acids is 1. The van der Waals surface area contributed by atoms with E-state index in [-0.39, 0.29) is 0 Å². The summed E-state index contributed by atoms with van der Waals surface area (Å²) < 4.78 is 0. The van der Waals surface area contributed by atoms with Crippen LogP contribution in [0.15, 0.2) is 36.0 Å². The van der Waals surface area contributed by atoms with Crippen LogP contribution < -0.4 is 0 Å². The summed E-state index contributed by atoms with van der Waals surface area (Å²) in [6.07, 6.45) is 16.3. The first kappa shape index (κ1) is 13.8.